The van der Waals surface area contributed by atoms with Crippen molar-refractivity contribution in [2.75, 3.05) is 43.1 Å². The van der Waals surface area contributed by atoms with E-state index in [1.54, 1.807) is 6.20 Å². The van der Waals surface area contributed by atoms with Crippen LogP contribution in [0.1, 0.15) is 12.8 Å². The Bertz CT molecular complexity index is 701. The molecule has 3 rings (SSSR count). The molecule has 1 aromatic heterocycles. The Labute approximate surface area is 161 Å². The summed E-state index contributed by atoms with van der Waals surface area (Å²) in [5, 5.41) is 2.87. The molecular formula is C19H22BrN3O3. The highest BCUT2D eigenvalue weighted by Gasteiger charge is 2.12. The van der Waals surface area contributed by atoms with Gasteiger partial charge in [0.25, 0.3) is 0 Å². The number of benzene rings is 1. The fourth-order valence-electron chi connectivity index (χ4n) is 2.62. The highest BCUT2D eigenvalue weighted by atomic mass is 79.9. The number of morpholine rings is 1. The molecule has 1 N–H and O–H groups in total. The van der Waals surface area contributed by atoms with Gasteiger partial charge in [0.1, 0.15) is 11.6 Å². The lowest BCUT2D eigenvalue weighted by Crippen LogP contribution is -2.36. The molecule has 0 unspecified atom stereocenters. The van der Waals surface area contributed by atoms with Crippen LogP contribution < -0.4 is 15.0 Å². The van der Waals surface area contributed by atoms with Crippen LogP contribution in [0.4, 0.5) is 11.5 Å². The smallest absolute Gasteiger partial charge is 0.224 e. The number of hydrogen-bond donors (Lipinski definition) is 1. The van der Waals surface area contributed by atoms with Gasteiger partial charge in [0.05, 0.1) is 31.7 Å². The molecule has 1 aliphatic heterocycles. The Kier molecular flexibility index (Phi) is 6.85. The predicted molar refractivity (Wildman–Crippen MR) is 105 cm³/mol. The van der Waals surface area contributed by atoms with Gasteiger partial charge in [0.2, 0.25) is 5.91 Å². The van der Waals surface area contributed by atoms with Crippen LogP contribution in [0.3, 0.4) is 0 Å². The van der Waals surface area contributed by atoms with Gasteiger partial charge in [0.15, 0.2) is 0 Å². The number of anilines is 2. The summed E-state index contributed by atoms with van der Waals surface area (Å²) in [6.45, 7) is 3.64. The minimum atomic E-state index is -0.0367. The SMILES string of the molecule is O=C(CCCOc1ccc(Br)cc1)Nc1ccc(N2CCOCC2)nc1. The minimum Gasteiger partial charge on any atom is -0.494 e. The van der Waals surface area contributed by atoms with Crippen molar-refractivity contribution in [2.24, 2.45) is 0 Å². The summed E-state index contributed by atoms with van der Waals surface area (Å²) in [7, 11) is 0. The number of nitrogens with zero attached hydrogens (tertiary/aromatic N) is 2. The molecule has 0 saturated carbocycles. The molecule has 0 radical (unpaired) electrons. The van der Waals surface area contributed by atoms with Gasteiger partial charge in [-0.1, -0.05) is 15.9 Å². The molecule has 0 bridgehead atoms. The van der Waals surface area contributed by atoms with Crippen LogP contribution in [0.2, 0.25) is 0 Å². The maximum Gasteiger partial charge on any atom is 0.224 e. The van der Waals surface area contributed by atoms with Crippen LogP contribution in [0.5, 0.6) is 5.75 Å². The third-order valence-electron chi connectivity index (χ3n) is 4.00. The molecule has 6 nitrogen and oxygen atoms in total. The molecule has 1 aliphatic rings. The average Bonchev–Trinajstić information content (AvgIpc) is 2.68. The Morgan fingerprint density at radius 2 is 1.96 bits per heavy atom. The van der Waals surface area contributed by atoms with Crippen LogP contribution in [0, 0.1) is 0 Å². The number of halogens is 1. The second-order valence-electron chi connectivity index (χ2n) is 5.96. The first-order valence-electron chi connectivity index (χ1n) is 8.68. The van der Waals surface area contributed by atoms with Crippen LogP contribution in [-0.4, -0.2) is 43.8 Å². The second kappa shape index (κ2) is 9.54. The van der Waals surface area contributed by atoms with E-state index in [1.165, 1.54) is 0 Å². The van der Waals surface area contributed by atoms with Crippen molar-refractivity contribution in [1.82, 2.24) is 4.98 Å². The van der Waals surface area contributed by atoms with Crippen molar-refractivity contribution < 1.29 is 14.3 Å². The number of ether oxygens (including phenoxy) is 2. The third kappa shape index (κ3) is 5.71. The summed E-state index contributed by atoms with van der Waals surface area (Å²) < 4.78 is 12.0. The van der Waals surface area contributed by atoms with Gasteiger partial charge in [-0.05, 0) is 42.8 Å². The Balaban J connectivity index is 1.38. The van der Waals surface area contributed by atoms with Crippen molar-refractivity contribution in [3.63, 3.8) is 0 Å². The number of hydrogen-bond acceptors (Lipinski definition) is 5. The highest BCUT2D eigenvalue weighted by Crippen LogP contribution is 2.17. The number of aromatic nitrogens is 1. The molecule has 2 heterocycles. The monoisotopic (exact) mass is 419 g/mol. The first kappa shape index (κ1) is 18.7. The number of nitrogens with one attached hydrogen (secondary N) is 1. The molecule has 1 saturated heterocycles. The maximum absolute atomic E-state index is 12.0. The Morgan fingerprint density at radius 3 is 2.65 bits per heavy atom. The summed E-state index contributed by atoms with van der Waals surface area (Å²) >= 11 is 3.38. The van der Waals surface area contributed by atoms with Crippen LogP contribution in [0.25, 0.3) is 0 Å². The van der Waals surface area contributed by atoms with Crippen LogP contribution in [0.15, 0.2) is 47.1 Å². The minimum absolute atomic E-state index is 0.0367. The van der Waals surface area contributed by atoms with Crippen molar-refractivity contribution in [3.05, 3.63) is 47.1 Å². The number of amides is 1. The third-order valence-corrected chi connectivity index (χ3v) is 4.53. The average molecular weight is 420 g/mol. The molecule has 26 heavy (non-hydrogen) atoms. The molecule has 1 aromatic carbocycles. The lowest BCUT2D eigenvalue weighted by molar-refractivity contribution is -0.116. The van der Waals surface area contributed by atoms with Gasteiger partial charge in [-0.3, -0.25) is 4.79 Å². The van der Waals surface area contributed by atoms with E-state index < -0.39 is 0 Å². The lowest BCUT2D eigenvalue weighted by Gasteiger charge is -2.27. The first-order valence-corrected chi connectivity index (χ1v) is 9.47. The number of pyridine rings is 1. The lowest BCUT2D eigenvalue weighted by atomic mass is 10.3. The largest absolute Gasteiger partial charge is 0.494 e. The van der Waals surface area contributed by atoms with E-state index in [9.17, 15) is 4.79 Å². The van der Waals surface area contributed by atoms with E-state index in [0.29, 0.717) is 25.1 Å². The highest BCUT2D eigenvalue weighted by molar-refractivity contribution is 9.10. The van der Waals surface area contributed by atoms with E-state index in [0.717, 1.165) is 42.3 Å². The van der Waals surface area contributed by atoms with Gasteiger partial charge in [-0.2, -0.15) is 0 Å². The number of rotatable bonds is 7. The van der Waals surface area contributed by atoms with Gasteiger partial charge in [-0.25, -0.2) is 4.98 Å². The normalized spacial score (nSPS) is 14.1. The topological polar surface area (TPSA) is 63.7 Å². The van der Waals surface area contributed by atoms with Crippen molar-refractivity contribution in [1.29, 1.82) is 0 Å². The first-order chi connectivity index (χ1) is 12.7. The maximum atomic E-state index is 12.0. The van der Waals surface area contributed by atoms with Crippen molar-refractivity contribution >= 4 is 33.3 Å². The van der Waals surface area contributed by atoms with Gasteiger partial charge >= 0.3 is 0 Å². The van der Waals surface area contributed by atoms with Crippen LogP contribution >= 0.6 is 15.9 Å². The summed E-state index contributed by atoms with van der Waals surface area (Å²) in [6.07, 6.45) is 2.75. The zero-order chi connectivity index (χ0) is 18.2. The van der Waals surface area contributed by atoms with E-state index in [4.69, 9.17) is 9.47 Å². The fourth-order valence-corrected chi connectivity index (χ4v) is 2.88. The molecule has 7 heteroatoms. The van der Waals surface area contributed by atoms with Gasteiger partial charge in [0, 0.05) is 24.0 Å². The second-order valence-corrected chi connectivity index (χ2v) is 6.87. The molecule has 0 aliphatic carbocycles. The standard InChI is InChI=1S/C19H22BrN3O3/c20-15-3-6-17(7-4-15)26-11-1-2-19(24)22-16-5-8-18(21-14-16)23-9-12-25-13-10-23/h3-8,14H,1-2,9-13H2,(H,22,24). The van der Waals surface area contributed by atoms with E-state index in [2.05, 4.69) is 31.1 Å². The van der Waals surface area contributed by atoms with E-state index in [-0.39, 0.29) is 5.91 Å². The molecular weight excluding hydrogens is 398 g/mol. The summed E-state index contributed by atoms with van der Waals surface area (Å²) in [5.74, 6) is 1.68. The fraction of sp³-hybridized carbons (Fsp3) is 0.368. The van der Waals surface area contributed by atoms with Gasteiger partial charge < -0.3 is 19.7 Å². The Morgan fingerprint density at radius 1 is 1.19 bits per heavy atom. The molecule has 0 spiro atoms. The van der Waals surface area contributed by atoms with Crippen molar-refractivity contribution in [2.45, 2.75) is 12.8 Å². The molecule has 2 aromatic rings. The zero-order valence-electron chi connectivity index (χ0n) is 14.5. The zero-order valence-corrected chi connectivity index (χ0v) is 16.1. The van der Waals surface area contributed by atoms with Crippen molar-refractivity contribution in [3.8, 4) is 5.75 Å². The molecule has 1 fully saturated rings. The van der Waals surface area contributed by atoms with Crippen LogP contribution in [-0.2, 0) is 9.53 Å². The summed E-state index contributed by atoms with van der Waals surface area (Å²) in [5.41, 5.74) is 0.709. The van der Waals surface area contributed by atoms with E-state index >= 15 is 0 Å². The summed E-state index contributed by atoms with van der Waals surface area (Å²) in [4.78, 5) is 18.6. The number of carbonyl (C=O) groups is 1. The Hall–Kier alpha value is -2.12. The summed E-state index contributed by atoms with van der Waals surface area (Å²) in [6, 6.07) is 11.5. The van der Waals surface area contributed by atoms with Gasteiger partial charge in [-0.15, -0.1) is 0 Å². The number of carbonyl (C=O) groups excluding carboxylic acids is 1. The quantitative estimate of drug-likeness (QED) is 0.695. The van der Waals surface area contributed by atoms with E-state index in [1.807, 2.05) is 36.4 Å². The molecule has 138 valence electrons. The molecule has 1 amide bonds. The predicted octanol–water partition coefficient (Wildman–Crippen LogP) is 3.48. The molecule has 0 atom stereocenters.